The molecule has 0 spiro atoms. The Kier molecular flexibility index (Phi) is 4.64. The van der Waals surface area contributed by atoms with Gasteiger partial charge in [0.25, 0.3) is 0 Å². The maximum Gasteiger partial charge on any atom is 0.309 e. The molecule has 1 aliphatic carbocycles. The van der Waals surface area contributed by atoms with Crippen LogP contribution >= 0.6 is 0 Å². The zero-order valence-corrected chi connectivity index (χ0v) is 12.5. The summed E-state index contributed by atoms with van der Waals surface area (Å²) < 4.78 is 5.22. The number of hydrogen-bond acceptors (Lipinski definition) is 2. The summed E-state index contributed by atoms with van der Waals surface area (Å²) >= 11 is 0. The first-order valence-corrected chi connectivity index (χ1v) is 7.45. The van der Waals surface area contributed by atoms with E-state index in [1.807, 2.05) is 19.1 Å². The van der Waals surface area contributed by atoms with Crippen molar-refractivity contribution in [3.05, 3.63) is 48.6 Å². The minimum Gasteiger partial charge on any atom is -0.466 e. The Hall–Kier alpha value is -1.57. The Balaban J connectivity index is 2.00. The van der Waals surface area contributed by atoms with Gasteiger partial charge in [0.15, 0.2) is 0 Å². The number of esters is 1. The normalized spacial score (nSPS) is 27.9. The highest BCUT2D eigenvalue weighted by molar-refractivity contribution is 5.77. The zero-order chi connectivity index (χ0) is 14.6. The van der Waals surface area contributed by atoms with Crippen molar-refractivity contribution >= 4 is 5.97 Å². The van der Waals surface area contributed by atoms with Crippen molar-refractivity contribution in [3.8, 4) is 0 Å². The summed E-state index contributed by atoms with van der Waals surface area (Å²) in [4.78, 5) is 12.1. The third-order valence-electron chi connectivity index (χ3n) is 4.61. The molecule has 0 bridgehead atoms. The van der Waals surface area contributed by atoms with E-state index in [0.29, 0.717) is 12.5 Å². The van der Waals surface area contributed by atoms with Gasteiger partial charge in [-0.2, -0.15) is 0 Å². The average molecular weight is 272 g/mol. The van der Waals surface area contributed by atoms with Crippen LogP contribution in [0.5, 0.6) is 0 Å². The highest BCUT2D eigenvalue weighted by atomic mass is 16.5. The molecule has 1 fully saturated rings. The van der Waals surface area contributed by atoms with Crippen LogP contribution in [0.25, 0.3) is 0 Å². The van der Waals surface area contributed by atoms with Crippen LogP contribution in [0.4, 0.5) is 0 Å². The van der Waals surface area contributed by atoms with Gasteiger partial charge in [0, 0.05) is 0 Å². The van der Waals surface area contributed by atoms with E-state index in [0.717, 1.165) is 19.3 Å². The largest absolute Gasteiger partial charge is 0.466 e. The monoisotopic (exact) mass is 272 g/mol. The van der Waals surface area contributed by atoms with E-state index in [2.05, 4.69) is 37.8 Å². The van der Waals surface area contributed by atoms with E-state index in [-0.39, 0.29) is 17.3 Å². The highest BCUT2D eigenvalue weighted by Gasteiger charge is 2.63. The lowest BCUT2D eigenvalue weighted by Crippen LogP contribution is -2.12. The van der Waals surface area contributed by atoms with Gasteiger partial charge < -0.3 is 4.74 Å². The van der Waals surface area contributed by atoms with Crippen molar-refractivity contribution in [2.45, 2.75) is 33.1 Å². The predicted octanol–water partition coefficient (Wildman–Crippen LogP) is 4.01. The van der Waals surface area contributed by atoms with Crippen LogP contribution < -0.4 is 0 Å². The van der Waals surface area contributed by atoms with Crippen LogP contribution in [-0.2, 0) is 16.0 Å². The van der Waals surface area contributed by atoms with E-state index < -0.39 is 0 Å². The number of rotatable bonds is 7. The second-order valence-corrected chi connectivity index (χ2v) is 5.85. The van der Waals surface area contributed by atoms with Crippen molar-refractivity contribution in [1.29, 1.82) is 0 Å². The smallest absolute Gasteiger partial charge is 0.309 e. The maximum absolute atomic E-state index is 12.1. The van der Waals surface area contributed by atoms with Crippen LogP contribution in [0, 0.1) is 17.3 Å². The maximum atomic E-state index is 12.1. The summed E-state index contributed by atoms with van der Waals surface area (Å²) in [6.07, 6.45) is 4.86. The summed E-state index contributed by atoms with van der Waals surface area (Å²) in [5.41, 5.74) is 1.40. The van der Waals surface area contributed by atoms with Gasteiger partial charge in [-0.05, 0) is 43.1 Å². The van der Waals surface area contributed by atoms with E-state index >= 15 is 0 Å². The molecule has 108 valence electrons. The number of benzene rings is 1. The molecule has 0 aromatic heterocycles. The highest BCUT2D eigenvalue weighted by Crippen LogP contribution is 2.63. The Morgan fingerprint density at radius 1 is 1.40 bits per heavy atom. The first-order chi connectivity index (χ1) is 9.63. The second-order valence-electron chi connectivity index (χ2n) is 5.85. The quantitative estimate of drug-likeness (QED) is 0.554. The van der Waals surface area contributed by atoms with Gasteiger partial charge in [0.2, 0.25) is 0 Å². The van der Waals surface area contributed by atoms with Crippen LogP contribution in [-0.4, -0.2) is 12.6 Å². The van der Waals surface area contributed by atoms with Crippen molar-refractivity contribution in [1.82, 2.24) is 0 Å². The summed E-state index contributed by atoms with van der Waals surface area (Å²) in [5, 5.41) is 0. The van der Waals surface area contributed by atoms with Crippen LogP contribution in [0.3, 0.4) is 0 Å². The summed E-state index contributed by atoms with van der Waals surface area (Å²) in [6.45, 7) is 8.35. The number of allylic oxidation sites excluding steroid dienone is 1. The number of hydrogen-bond donors (Lipinski definition) is 0. The average Bonchev–Trinajstić information content (AvgIpc) is 3.04. The molecule has 3 atom stereocenters. The molecule has 0 N–H and O–H groups in total. The molecule has 0 saturated heterocycles. The van der Waals surface area contributed by atoms with Gasteiger partial charge in [0.1, 0.15) is 0 Å². The summed E-state index contributed by atoms with van der Waals surface area (Å²) in [7, 11) is 0. The standard InChI is InChI=1S/C18H24O2/c1-4-9-15-16(17(19)20-5-2)18(15,3)13-12-14-10-7-6-8-11-14/h4,6-8,10-11,15-16H,1,5,9,12-13H2,2-3H3/t15-,16-,18+/m0/s1. The minimum atomic E-state index is -0.0325. The van der Waals surface area contributed by atoms with E-state index in [4.69, 9.17) is 4.74 Å². The van der Waals surface area contributed by atoms with Crippen molar-refractivity contribution in [2.24, 2.45) is 17.3 Å². The van der Waals surface area contributed by atoms with Crippen molar-refractivity contribution < 1.29 is 9.53 Å². The van der Waals surface area contributed by atoms with Crippen LogP contribution in [0.15, 0.2) is 43.0 Å². The van der Waals surface area contributed by atoms with Crippen molar-refractivity contribution in [2.75, 3.05) is 6.61 Å². The molecule has 2 rings (SSSR count). The molecular formula is C18H24O2. The van der Waals surface area contributed by atoms with Crippen molar-refractivity contribution in [3.63, 3.8) is 0 Å². The fraction of sp³-hybridized carbons (Fsp3) is 0.500. The Morgan fingerprint density at radius 2 is 2.10 bits per heavy atom. The molecule has 1 aromatic carbocycles. The summed E-state index contributed by atoms with van der Waals surface area (Å²) in [5.74, 6) is 0.404. The first-order valence-electron chi connectivity index (χ1n) is 7.45. The van der Waals surface area contributed by atoms with E-state index in [1.165, 1.54) is 5.56 Å². The molecule has 0 unspecified atom stereocenters. The molecule has 1 saturated carbocycles. The first kappa shape index (κ1) is 14.8. The molecular weight excluding hydrogens is 248 g/mol. The van der Waals surface area contributed by atoms with Crippen LogP contribution in [0.1, 0.15) is 32.3 Å². The predicted molar refractivity (Wildman–Crippen MR) is 81.3 cm³/mol. The third kappa shape index (κ3) is 2.95. The molecule has 1 aliphatic rings. The lowest BCUT2D eigenvalue weighted by molar-refractivity contribution is -0.145. The van der Waals surface area contributed by atoms with Gasteiger partial charge in [0.05, 0.1) is 12.5 Å². The Morgan fingerprint density at radius 3 is 2.70 bits per heavy atom. The van der Waals surface area contributed by atoms with Gasteiger partial charge in [-0.3, -0.25) is 4.79 Å². The number of carbonyl (C=O) groups is 1. The molecule has 20 heavy (non-hydrogen) atoms. The molecule has 0 heterocycles. The fourth-order valence-electron chi connectivity index (χ4n) is 3.31. The number of carbonyl (C=O) groups excluding carboxylic acids is 1. The fourth-order valence-corrected chi connectivity index (χ4v) is 3.31. The number of ether oxygens (including phenoxy) is 1. The molecule has 0 amide bonds. The number of aryl methyl sites for hydroxylation is 1. The minimum absolute atomic E-state index is 0.0325. The molecule has 0 radical (unpaired) electrons. The molecule has 2 heteroatoms. The van der Waals surface area contributed by atoms with E-state index in [1.54, 1.807) is 0 Å². The second kappa shape index (κ2) is 6.25. The molecule has 1 aromatic rings. The summed E-state index contributed by atoms with van der Waals surface area (Å²) in [6, 6.07) is 10.5. The van der Waals surface area contributed by atoms with E-state index in [9.17, 15) is 4.79 Å². The zero-order valence-electron chi connectivity index (χ0n) is 12.5. The van der Waals surface area contributed by atoms with Gasteiger partial charge in [-0.25, -0.2) is 0 Å². The Labute approximate surface area is 121 Å². The van der Waals surface area contributed by atoms with Crippen LogP contribution in [0.2, 0.25) is 0 Å². The third-order valence-corrected chi connectivity index (χ3v) is 4.61. The Bertz CT molecular complexity index is 466. The lowest BCUT2D eigenvalue weighted by atomic mass is 9.94. The lowest BCUT2D eigenvalue weighted by Gasteiger charge is -2.11. The SMILES string of the molecule is C=CC[C@H]1[C@@H](C(=O)OCC)[C@]1(C)CCc1ccccc1. The van der Waals surface area contributed by atoms with Gasteiger partial charge >= 0.3 is 5.97 Å². The molecule has 0 aliphatic heterocycles. The topological polar surface area (TPSA) is 26.3 Å². The van der Waals surface area contributed by atoms with Gasteiger partial charge in [-0.15, -0.1) is 6.58 Å². The van der Waals surface area contributed by atoms with Gasteiger partial charge in [-0.1, -0.05) is 43.3 Å². The molecule has 2 nitrogen and oxygen atoms in total.